The average molecular weight is 469 g/mol. The molecule has 0 spiro atoms. The minimum atomic E-state index is -0.0301. The largest absolute Gasteiger partial charge is 0.335 e. The number of hydrogen-bond acceptors (Lipinski definition) is 5. The highest BCUT2D eigenvalue weighted by atomic mass is 35.5. The maximum Gasteiger partial charge on any atom is 0.265 e. The molecule has 0 aliphatic carbocycles. The maximum atomic E-state index is 12.9. The van der Waals surface area contributed by atoms with Crippen LogP contribution in [0, 0.1) is 0 Å². The molecule has 1 N–H and O–H groups in total. The Labute approximate surface area is 196 Å². The van der Waals surface area contributed by atoms with Gasteiger partial charge < -0.3 is 10.2 Å². The van der Waals surface area contributed by atoms with Gasteiger partial charge in [0.05, 0.1) is 17.8 Å². The summed E-state index contributed by atoms with van der Waals surface area (Å²) in [5.74, 6) is -0.0562. The predicted molar refractivity (Wildman–Crippen MR) is 129 cm³/mol. The number of carbonyl (C=O) groups excluding carboxylic acids is 2. The van der Waals surface area contributed by atoms with Crippen LogP contribution in [0.3, 0.4) is 0 Å². The second-order valence-electron chi connectivity index (χ2n) is 7.64. The minimum Gasteiger partial charge on any atom is -0.335 e. The van der Waals surface area contributed by atoms with Gasteiger partial charge in [0.25, 0.3) is 5.91 Å². The van der Waals surface area contributed by atoms with Crippen LogP contribution in [0.15, 0.2) is 54.7 Å². The molecular formula is C24H25ClN4O2S. The Bertz CT molecular complexity index is 1110. The number of halogens is 1. The van der Waals surface area contributed by atoms with Crippen molar-refractivity contribution in [2.45, 2.75) is 13.3 Å². The number of benzene rings is 2. The summed E-state index contributed by atoms with van der Waals surface area (Å²) in [7, 11) is 0. The van der Waals surface area contributed by atoms with Gasteiger partial charge in [-0.25, -0.2) is 4.98 Å². The van der Waals surface area contributed by atoms with Crippen LogP contribution >= 0.6 is 22.9 Å². The lowest BCUT2D eigenvalue weighted by atomic mass is 10.1. The molecule has 32 heavy (non-hydrogen) atoms. The first-order valence-electron chi connectivity index (χ1n) is 10.6. The quantitative estimate of drug-likeness (QED) is 0.581. The fourth-order valence-electron chi connectivity index (χ4n) is 3.74. The Morgan fingerprint density at radius 2 is 1.78 bits per heavy atom. The Kier molecular flexibility index (Phi) is 7.19. The molecule has 1 aromatic heterocycles. The summed E-state index contributed by atoms with van der Waals surface area (Å²) in [4.78, 5) is 34.3. The fourth-order valence-corrected chi connectivity index (χ4v) is 4.95. The first-order valence-corrected chi connectivity index (χ1v) is 11.8. The number of piperazine rings is 1. The van der Waals surface area contributed by atoms with E-state index in [1.165, 1.54) is 11.3 Å². The van der Waals surface area contributed by atoms with E-state index in [-0.39, 0.29) is 11.8 Å². The Balaban J connectivity index is 1.30. The fraction of sp³-hybridized carbons (Fsp3) is 0.292. The lowest BCUT2D eigenvalue weighted by Crippen LogP contribution is -2.50. The molecule has 1 aliphatic heterocycles. The number of rotatable bonds is 6. The summed E-state index contributed by atoms with van der Waals surface area (Å²) >= 11 is 7.61. The third kappa shape index (κ3) is 5.18. The van der Waals surface area contributed by atoms with Crippen molar-refractivity contribution in [3.8, 4) is 10.6 Å². The summed E-state index contributed by atoms with van der Waals surface area (Å²) in [6.07, 6.45) is 2.49. The Hall–Kier alpha value is -2.74. The molecule has 3 aromatic rings. The van der Waals surface area contributed by atoms with Crippen molar-refractivity contribution in [1.82, 2.24) is 14.8 Å². The third-order valence-corrected chi connectivity index (χ3v) is 6.87. The SMILES string of the molecule is CCc1ccccc1NC(=O)CN1CCN(C(=O)c2cnc(-c3ccccc3Cl)s2)CC1. The number of anilines is 1. The molecule has 0 bridgehead atoms. The zero-order chi connectivity index (χ0) is 22.5. The topological polar surface area (TPSA) is 65.5 Å². The van der Waals surface area contributed by atoms with E-state index in [1.54, 1.807) is 6.20 Å². The molecule has 0 radical (unpaired) electrons. The number of aromatic nitrogens is 1. The van der Waals surface area contributed by atoms with Gasteiger partial charge in [-0.15, -0.1) is 11.3 Å². The molecule has 2 aromatic carbocycles. The molecule has 166 valence electrons. The zero-order valence-corrected chi connectivity index (χ0v) is 19.5. The van der Waals surface area contributed by atoms with Gasteiger partial charge in [-0.3, -0.25) is 14.5 Å². The number of aryl methyl sites for hydroxylation is 1. The van der Waals surface area contributed by atoms with Gasteiger partial charge in [0.1, 0.15) is 9.88 Å². The third-order valence-electron chi connectivity index (χ3n) is 5.52. The van der Waals surface area contributed by atoms with Crippen molar-refractivity contribution in [1.29, 1.82) is 0 Å². The highest BCUT2D eigenvalue weighted by molar-refractivity contribution is 7.17. The van der Waals surface area contributed by atoms with E-state index in [1.807, 2.05) is 53.4 Å². The van der Waals surface area contributed by atoms with Crippen molar-refractivity contribution in [2.75, 3.05) is 38.0 Å². The molecule has 2 heterocycles. The normalized spacial score (nSPS) is 14.4. The summed E-state index contributed by atoms with van der Waals surface area (Å²) in [5, 5.41) is 4.37. The first kappa shape index (κ1) is 22.5. The lowest BCUT2D eigenvalue weighted by Gasteiger charge is -2.34. The molecule has 1 aliphatic rings. The van der Waals surface area contributed by atoms with Crippen molar-refractivity contribution < 1.29 is 9.59 Å². The van der Waals surface area contributed by atoms with E-state index in [2.05, 4.69) is 22.1 Å². The molecular weight excluding hydrogens is 444 g/mol. The Morgan fingerprint density at radius 3 is 2.53 bits per heavy atom. The molecule has 0 atom stereocenters. The van der Waals surface area contributed by atoms with Crippen LogP contribution in [-0.4, -0.2) is 59.3 Å². The average Bonchev–Trinajstić information content (AvgIpc) is 3.30. The first-order chi connectivity index (χ1) is 15.5. The number of nitrogens with one attached hydrogen (secondary N) is 1. The summed E-state index contributed by atoms with van der Waals surface area (Å²) < 4.78 is 0. The molecule has 0 saturated carbocycles. The van der Waals surface area contributed by atoms with Gasteiger partial charge in [0, 0.05) is 37.4 Å². The molecule has 1 fully saturated rings. The number of carbonyl (C=O) groups is 2. The van der Waals surface area contributed by atoms with Gasteiger partial charge in [-0.2, -0.15) is 0 Å². The Morgan fingerprint density at radius 1 is 1.06 bits per heavy atom. The van der Waals surface area contributed by atoms with E-state index in [4.69, 9.17) is 11.6 Å². The van der Waals surface area contributed by atoms with Gasteiger partial charge >= 0.3 is 0 Å². The summed E-state index contributed by atoms with van der Waals surface area (Å²) in [6, 6.07) is 15.3. The second-order valence-corrected chi connectivity index (χ2v) is 9.07. The van der Waals surface area contributed by atoms with Gasteiger partial charge in [-0.1, -0.05) is 54.9 Å². The number of amides is 2. The number of thiazole rings is 1. The smallest absolute Gasteiger partial charge is 0.265 e. The van der Waals surface area contributed by atoms with Crippen LogP contribution in [0.4, 0.5) is 5.69 Å². The standard InChI is InChI=1S/C24H25ClN4O2S/c1-2-17-7-3-6-10-20(17)27-22(30)16-28-11-13-29(14-12-28)24(31)21-15-26-23(32-21)18-8-4-5-9-19(18)25/h3-10,15H,2,11-14,16H2,1H3,(H,27,30). The highest BCUT2D eigenvalue weighted by Crippen LogP contribution is 2.31. The number of hydrogen-bond donors (Lipinski definition) is 1. The molecule has 0 unspecified atom stereocenters. The summed E-state index contributed by atoms with van der Waals surface area (Å²) in [5.41, 5.74) is 2.82. The van der Waals surface area contributed by atoms with Crippen molar-refractivity contribution >= 4 is 40.4 Å². The van der Waals surface area contributed by atoms with Crippen LogP contribution in [-0.2, 0) is 11.2 Å². The van der Waals surface area contributed by atoms with Gasteiger partial charge in [0.15, 0.2) is 0 Å². The van der Waals surface area contributed by atoms with Gasteiger partial charge in [0.2, 0.25) is 5.91 Å². The van der Waals surface area contributed by atoms with Crippen LogP contribution < -0.4 is 5.32 Å². The molecule has 4 rings (SSSR count). The predicted octanol–water partition coefficient (Wildman–Crippen LogP) is 4.42. The zero-order valence-electron chi connectivity index (χ0n) is 17.9. The lowest BCUT2D eigenvalue weighted by molar-refractivity contribution is -0.117. The summed E-state index contributed by atoms with van der Waals surface area (Å²) in [6.45, 7) is 4.86. The van der Waals surface area contributed by atoms with Crippen LogP contribution in [0.1, 0.15) is 22.2 Å². The van der Waals surface area contributed by atoms with Crippen LogP contribution in [0.25, 0.3) is 10.6 Å². The minimum absolute atomic E-state index is 0.0261. The second kappa shape index (κ2) is 10.3. The van der Waals surface area contributed by atoms with Crippen molar-refractivity contribution in [3.05, 3.63) is 70.2 Å². The van der Waals surface area contributed by atoms with Crippen LogP contribution in [0.2, 0.25) is 5.02 Å². The number of para-hydroxylation sites is 1. The molecule has 8 heteroatoms. The van der Waals surface area contributed by atoms with E-state index in [9.17, 15) is 9.59 Å². The van der Waals surface area contributed by atoms with Crippen LogP contribution in [0.5, 0.6) is 0 Å². The van der Waals surface area contributed by atoms with E-state index in [0.29, 0.717) is 42.6 Å². The van der Waals surface area contributed by atoms with Crippen molar-refractivity contribution in [2.24, 2.45) is 0 Å². The van der Waals surface area contributed by atoms with Crippen molar-refractivity contribution in [3.63, 3.8) is 0 Å². The monoisotopic (exact) mass is 468 g/mol. The maximum absolute atomic E-state index is 12.9. The van der Waals surface area contributed by atoms with E-state index in [0.717, 1.165) is 28.2 Å². The highest BCUT2D eigenvalue weighted by Gasteiger charge is 2.25. The van der Waals surface area contributed by atoms with E-state index >= 15 is 0 Å². The molecule has 2 amide bonds. The van der Waals surface area contributed by atoms with E-state index < -0.39 is 0 Å². The van der Waals surface area contributed by atoms with Gasteiger partial charge in [-0.05, 0) is 24.1 Å². The molecule has 6 nitrogen and oxygen atoms in total. The number of nitrogens with zero attached hydrogens (tertiary/aromatic N) is 3. The molecule has 1 saturated heterocycles.